The Morgan fingerprint density at radius 3 is 2.88 bits per heavy atom. The van der Waals surface area contributed by atoms with Gasteiger partial charge in [0.25, 0.3) is 15.6 Å². The number of anilines is 2. The van der Waals surface area contributed by atoms with E-state index in [1.165, 1.54) is 11.3 Å². The van der Waals surface area contributed by atoms with Crippen molar-refractivity contribution in [3.8, 4) is 17.0 Å². The number of rotatable bonds is 2. The zero-order chi connectivity index (χ0) is 17.5. The van der Waals surface area contributed by atoms with E-state index in [4.69, 9.17) is 39.5 Å². The average molecular weight is 407 g/mol. The van der Waals surface area contributed by atoms with Gasteiger partial charge < -0.3 is 10.1 Å². The predicted octanol–water partition coefficient (Wildman–Crippen LogP) is 3.84. The number of amides is 2. The molecule has 2 aromatic rings. The number of halogens is 3. The first-order chi connectivity index (χ1) is 11.2. The van der Waals surface area contributed by atoms with E-state index < -0.39 is 15.8 Å². The summed E-state index contributed by atoms with van der Waals surface area (Å²) in [5, 5.41) is 7.23. The van der Waals surface area contributed by atoms with Crippen molar-refractivity contribution in [2.75, 3.05) is 10.6 Å². The number of ether oxygens (including phenoxy) is 1. The summed E-state index contributed by atoms with van der Waals surface area (Å²) in [7, 11) is 0. The number of alkyl halides is 3. The molecule has 1 aromatic heterocycles. The minimum absolute atomic E-state index is 0.214. The fourth-order valence-corrected chi connectivity index (χ4v) is 2.86. The van der Waals surface area contributed by atoms with Gasteiger partial charge in [0.05, 0.1) is 11.4 Å². The first-order valence-corrected chi connectivity index (χ1v) is 8.71. The fourth-order valence-electron chi connectivity index (χ4n) is 2.00. The molecule has 1 unspecified atom stereocenters. The third-order valence-corrected chi connectivity index (χ3v) is 4.46. The third kappa shape index (κ3) is 3.59. The average Bonchev–Trinajstić information content (AvgIpc) is 2.95. The molecule has 0 fully saturated rings. The number of carbonyl (C=O) groups is 2. The summed E-state index contributed by atoms with van der Waals surface area (Å²) in [6.07, 6.45) is -0.536. The molecule has 6 nitrogen and oxygen atoms in total. The molecule has 0 saturated carbocycles. The maximum atomic E-state index is 11.7. The van der Waals surface area contributed by atoms with Crippen LogP contribution in [0, 0.1) is 0 Å². The lowest BCUT2D eigenvalue weighted by Gasteiger charge is -2.23. The first-order valence-electron chi connectivity index (χ1n) is 6.69. The van der Waals surface area contributed by atoms with Gasteiger partial charge in [-0.15, -0.1) is 11.3 Å². The molecule has 2 N–H and O–H groups in total. The molecule has 1 atom stereocenters. The molecule has 0 aliphatic carbocycles. The molecule has 0 bridgehead atoms. The summed E-state index contributed by atoms with van der Waals surface area (Å²) in [5.74, 6) is -0.409. The maximum Gasteiger partial charge on any atom is 0.278 e. The Morgan fingerprint density at radius 2 is 2.17 bits per heavy atom. The zero-order valence-corrected chi connectivity index (χ0v) is 15.2. The molecule has 0 spiro atoms. The molecule has 10 heteroatoms. The molecule has 0 radical (unpaired) electrons. The summed E-state index contributed by atoms with van der Waals surface area (Å²) in [4.78, 5) is 27.6. The monoisotopic (exact) mass is 405 g/mol. The van der Waals surface area contributed by atoms with Crippen LogP contribution in [0.1, 0.15) is 6.92 Å². The van der Waals surface area contributed by atoms with Crippen molar-refractivity contribution in [1.82, 2.24) is 4.98 Å². The highest BCUT2D eigenvalue weighted by Crippen LogP contribution is 2.35. The number of nitrogens with one attached hydrogen (secondary N) is 2. The summed E-state index contributed by atoms with van der Waals surface area (Å²) < 4.78 is 3.44. The molecule has 24 heavy (non-hydrogen) atoms. The van der Waals surface area contributed by atoms with Crippen molar-refractivity contribution in [3.05, 3.63) is 23.6 Å². The number of benzene rings is 1. The molecule has 1 aliphatic heterocycles. The largest absolute Gasteiger partial charge is 0.479 e. The van der Waals surface area contributed by atoms with Crippen LogP contribution in [-0.4, -0.2) is 26.7 Å². The molecular weight excluding hydrogens is 397 g/mol. The van der Waals surface area contributed by atoms with Gasteiger partial charge in [-0.2, -0.15) is 0 Å². The van der Waals surface area contributed by atoms with Crippen LogP contribution in [0.15, 0.2) is 23.6 Å². The van der Waals surface area contributed by atoms with Crippen LogP contribution in [0.3, 0.4) is 0 Å². The van der Waals surface area contributed by atoms with Gasteiger partial charge in [-0.3, -0.25) is 14.9 Å². The highest BCUT2D eigenvalue weighted by Gasteiger charge is 2.31. The molecule has 1 aliphatic rings. The Labute approximate surface area is 156 Å². The Kier molecular flexibility index (Phi) is 4.61. The molecular formula is C14H10Cl3N3O3S. The Balaban J connectivity index is 1.82. The topological polar surface area (TPSA) is 80.3 Å². The van der Waals surface area contributed by atoms with Gasteiger partial charge in [0.2, 0.25) is 0 Å². The van der Waals surface area contributed by atoms with Crippen LogP contribution >= 0.6 is 46.1 Å². The maximum absolute atomic E-state index is 11.7. The van der Waals surface area contributed by atoms with Crippen LogP contribution in [0.4, 0.5) is 10.8 Å². The molecule has 2 heterocycles. The van der Waals surface area contributed by atoms with E-state index in [2.05, 4.69) is 15.6 Å². The van der Waals surface area contributed by atoms with E-state index in [0.717, 1.165) is 5.56 Å². The van der Waals surface area contributed by atoms with Crippen LogP contribution in [-0.2, 0) is 9.59 Å². The van der Waals surface area contributed by atoms with E-state index >= 15 is 0 Å². The first kappa shape index (κ1) is 17.3. The number of hydrogen-bond donors (Lipinski definition) is 2. The number of thiazole rings is 1. The van der Waals surface area contributed by atoms with Gasteiger partial charge in [-0.05, 0) is 25.1 Å². The van der Waals surface area contributed by atoms with Crippen LogP contribution < -0.4 is 15.4 Å². The summed E-state index contributed by atoms with van der Waals surface area (Å²) >= 11 is 17.7. The second-order valence-electron chi connectivity index (χ2n) is 4.95. The fraction of sp³-hybridized carbons (Fsp3) is 0.214. The number of fused-ring (bicyclic) bond motifs is 1. The quantitative estimate of drug-likeness (QED) is 0.743. The number of carbonyl (C=O) groups excluding carboxylic acids is 2. The van der Waals surface area contributed by atoms with E-state index in [1.807, 2.05) is 0 Å². The highest BCUT2D eigenvalue weighted by atomic mass is 35.6. The van der Waals surface area contributed by atoms with Crippen molar-refractivity contribution in [3.63, 3.8) is 0 Å². The minimum Gasteiger partial charge on any atom is -0.479 e. The third-order valence-electron chi connectivity index (χ3n) is 3.19. The van der Waals surface area contributed by atoms with E-state index in [0.29, 0.717) is 22.3 Å². The van der Waals surface area contributed by atoms with E-state index in [9.17, 15) is 9.59 Å². The van der Waals surface area contributed by atoms with E-state index in [1.54, 1.807) is 30.5 Å². The van der Waals surface area contributed by atoms with Crippen molar-refractivity contribution in [2.24, 2.45) is 0 Å². The van der Waals surface area contributed by atoms with Crippen molar-refractivity contribution in [1.29, 1.82) is 0 Å². The number of hydrogen-bond acceptors (Lipinski definition) is 5. The lowest BCUT2D eigenvalue weighted by Crippen LogP contribution is -2.34. The highest BCUT2D eigenvalue weighted by molar-refractivity contribution is 7.14. The van der Waals surface area contributed by atoms with Crippen molar-refractivity contribution in [2.45, 2.75) is 16.8 Å². The van der Waals surface area contributed by atoms with Crippen LogP contribution in [0.25, 0.3) is 11.3 Å². The number of nitrogens with zero attached hydrogens (tertiary/aromatic N) is 1. The minimum atomic E-state index is -2.06. The molecule has 1 aromatic carbocycles. The predicted molar refractivity (Wildman–Crippen MR) is 95.2 cm³/mol. The molecule has 0 saturated heterocycles. The Hall–Kier alpha value is -1.54. The van der Waals surface area contributed by atoms with E-state index in [-0.39, 0.29) is 5.91 Å². The van der Waals surface area contributed by atoms with Crippen LogP contribution in [0.2, 0.25) is 0 Å². The molecule has 3 rings (SSSR count). The Bertz CT molecular complexity index is 819. The summed E-state index contributed by atoms with van der Waals surface area (Å²) in [5.41, 5.74) is 1.92. The molecule has 126 valence electrons. The standard InChI is InChI=1S/C14H10Cl3N3O3S/c1-6-11(21)18-8-4-7(2-3-10(8)23-6)9-5-24-13(19-9)20-12(22)14(15,16)17/h2-6H,1H3,(H,18,21)(H,19,20,22). The zero-order valence-electron chi connectivity index (χ0n) is 12.1. The van der Waals surface area contributed by atoms with Crippen molar-refractivity contribution < 1.29 is 14.3 Å². The SMILES string of the molecule is CC1Oc2ccc(-c3csc(NC(=O)C(Cl)(Cl)Cl)n3)cc2NC1=O. The van der Waals surface area contributed by atoms with Gasteiger partial charge in [-0.25, -0.2) is 4.98 Å². The van der Waals surface area contributed by atoms with Crippen molar-refractivity contribution >= 4 is 68.8 Å². The normalized spacial score (nSPS) is 16.8. The lowest BCUT2D eigenvalue weighted by atomic mass is 10.1. The number of aromatic nitrogens is 1. The van der Waals surface area contributed by atoms with Gasteiger partial charge >= 0.3 is 0 Å². The van der Waals surface area contributed by atoms with Gasteiger partial charge in [0.1, 0.15) is 5.75 Å². The van der Waals surface area contributed by atoms with Gasteiger partial charge in [0, 0.05) is 10.9 Å². The van der Waals surface area contributed by atoms with Gasteiger partial charge in [0.15, 0.2) is 11.2 Å². The Morgan fingerprint density at radius 1 is 1.42 bits per heavy atom. The lowest BCUT2D eigenvalue weighted by molar-refractivity contribution is -0.122. The van der Waals surface area contributed by atoms with Gasteiger partial charge in [-0.1, -0.05) is 34.8 Å². The molecule has 2 amide bonds. The second-order valence-corrected chi connectivity index (χ2v) is 8.09. The summed E-state index contributed by atoms with van der Waals surface area (Å²) in [6, 6.07) is 5.30. The summed E-state index contributed by atoms with van der Waals surface area (Å²) in [6.45, 7) is 1.67. The van der Waals surface area contributed by atoms with Crippen LogP contribution in [0.5, 0.6) is 5.75 Å². The smallest absolute Gasteiger partial charge is 0.278 e. The second kappa shape index (κ2) is 6.40.